The predicted octanol–water partition coefficient (Wildman–Crippen LogP) is 4.98. The molecule has 0 saturated heterocycles. The molecule has 4 rings (SSSR count). The Morgan fingerprint density at radius 1 is 0.969 bits per heavy atom. The van der Waals surface area contributed by atoms with Gasteiger partial charge in [-0.05, 0) is 43.3 Å². The largest absolute Gasteiger partial charge is 0.371 e. The second-order valence-electron chi connectivity index (χ2n) is 7.35. The molecule has 0 spiro atoms. The molecule has 1 atom stereocenters. The summed E-state index contributed by atoms with van der Waals surface area (Å²) >= 11 is 5.96. The molecule has 2 heterocycles. The van der Waals surface area contributed by atoms with Crippen LogP contribution in [0.3, 0.4) is 0 Å². The molecule has 0 fully saturated rings. The lowest BCUT2D eigenvalue weighted by Crippen LogP contribution is -2.39. The summed E-state index contributed by atoms with van der Waals surface area (Å²) in [6, 6.07) is 18.9. The Morgan fingerprint density at radius 2 is 1.69 bits per heavy atom. The molecular weight excluding hydrogens is 424 g/mol. The molecule has 160 valence electrons. The maximum absolute atomic E-state index is 13.2. The highest BCUT2D eigenvalue weighted by Crippen LogP contribution is 2.27. The molecule has 32 heavy (non-hydrogen) atoms. The van der Waals surface area contributed by atoms with Gasteiger partial charge < -0.3 is 10.2 Å². The number of likely N-dealkylation sites (N-methyl/N-ethyl adjacent to an activating group) is 1. The molecule has 2 aromatic carbocycles. The van der Waals surface area contributed by atoms with Crippen molar-refractivity contribution in [3.05, 3.63) is 95.3 Å². The number of amides is 1. The van der Waals surface area contributed by atoms with E-state index in [2.05, 4.69) is 15.3 Å². The lowest BCUT2D eigenvalue weighted by molar-refractivity contribution is -0.118. The summed E-state index contributed by atoms with van der Waals surface area (Å²) in [5, 5.41) is 3.82. The number of fused-ring (bicyclic) bond motifs is 1. The maximum atomic E-state index is 13.2. The third-order valence-electron chi connectivity index (χ3n) is 5.18. The highest BCUT2D eigenvalue weighted by molar-refractivity contribution is 6.30. The Bertz CT molecular complexity index is 1280. The smallest absolute Gasteiger partial charge is 0.248 e. The van der Waals surface area contributed by atoms with E-state index in [0.29, 0.717) is 38.6 Å². The van der Waals surface area contributed by atoms with Gasteiger partial charge in [0.25, 0.3) is 0 Å². The molecule has 0 radical (unpaired) electrons. The molecule has 1 unspecified atom stereocenters. The van der Waals surface area contributed by atoms with Crippen molar-refractivity contribution in [3.8, 4) is 0 Å². The molecule has 0 bridgehead atoms. The van der Waals surface area contributed by atoms with Crippen molar-refractivity contribution in [1.82, 2.24) is 9.97 Å². The zero-order valence-corrected chi connectivity index (χ0v) is 18.4. The van der Waals surface area contributed by atoms with Crippen LogP contribution in [0.5, 0.6) is 0 Å². The number of anilines is 2. The van der Waals surface area contributed by atoms with Crippen LogP contribution in [-0.4, -0.2) is 34.7 Å². The Morgan fingerprint density at radius 3 is 2.41 bits per heavy atom. The Balaban J connectivity index is 1.70. The van der Waals surface area contributed by atoms with Gasteiger partial charge in [-0.2, -0.15) is 0 Å². The molecular formula is C25H21ClN4O2. The number of nitrogens with zero attached hydrogens (tertiary/aromatic N) is 3. The van der Waals surface area contributed by atoms with Crippen LogP contribution >= 0.6 is 11.6 Å². The van der Waals surface area contributed by atoms with Crippen molar-refractivity contribution in [2.45, 2.75) is 13.0 Å². The number of hydrogen-bond acceptors (Lipinski definition) is 5. The number of pyridine rings is 2. The van der Waals surface area contributed by atoms with E-state index in [1.807, 2.05) is 12.1 Å². The number of carbonyl (C=O) groups excluding carboxylic acids is 2. The number of ketones is 1. The topological polar surface area (TPSA) is 75.2 Å². The van der Waals surface area contributed by atoms with E-state index in [0.717, 1.165) is 0 Å². The van der Waals surface area contributed by atoms with Gasteiger partial charge in [0.15, 0.2) is 5.78 Å². The van der Waals surface area contributed by atoms with Crippen LogP contribution in [-0.2, 0) is 4.79 Å². The number of hydrogen-bond donors (Lipinski definition) is 1. The van der Waals surface area contributed by atoms with Gasteiger partial charge in [-0.3, -0.25) is 19.6 Å². The molecule has 0 aliphatic heterocycles. The molecule has 4 aromatic rings. The summed E-state index contributed by atoms with van der Waals surface area (Å²) in [6.07, 6.45) is 3.17. The summed E-state index contributed by atoms with van der Waals surface area (Å²) in [4.78, 5) is 36.7. The summed E-state index contributed by atoms with van der Waals surface area (Å²) in [6.45, 7) is 1.75. The van der Waals surface area contributed by atoms with Gasteiger partial charge in [0.2, 0.25) is 5.91 Å². The minimum Gasteiger partial charge on any atom is -0.371 e. The number of rotatable bonds is 6. The van der Waals surface area contributed by atoms with Crippen molar-refractivity contribution in [3.63, 3.8) is 0 Å². The van der Waals surface area contributed by atoms with Gasteiger partial charge in [-0.15, -0.1) is 0 Å². The maximum Gasteiger partial charge on any atom is 0.248 e. The zero-order valence-electron chi connectivity index (χ0n) is 17.6. The summed E-state index contributed by atoms with van der Waals surface area (Å²) in [5.41, 5.74) is 3.25. The molecule has 7 heteroatoms. The average Bonchev–Trinajstić information content (AvgIpc) is 2.84. The van der Waals surface area contributed by atoms with E-state index >= 15 is 0 Å². The Hall–Kier alpha value is -3.77. The fourth-order valence-corrected chi connectivity index (χ4v) is 3.57. The number of aromatic nitrogens is 2. The molecule has 6 nitrogen and oxygen atoms in total. The molecule has 2 aromatic heterocycles. The standard InChI is InChI=1S/C25H21ClN4O2/c1-16(25(32)30(2)19-12-10-18(26)11-13-19)29-22-20(24(31)17-7-4-3-5-8-17)15-28-21-9-6-14-27-23(21)22/h3-16H,1-2H3,(H,28,29). The number of nitrogens with one attached hydrogen (secondary N) is 1. The molecule has 0 saturated carbocycles. The van der Waals surface area contributed by atoms with Crippen LogP contribution < -0.4 is 10.2 Å². The van der Waals surface area contributed by atoms with Crippen LogP contribution in [0.4, 0.5) is 11.4 Å². The first-order valence-corrected chi connectivity index (χ1v) is 10.5. The summed E-state index contributed by atoms with van der Waals surface area (Å²) in [7, 11) is 1.70. The number of halogens is 1. The third kappa shape index (κ3) is 4.31. The SMILES string of the molecule is CC(Nc1c(C(=O)c2ccccc2)cnc2cccnc12)C(=O)N(C)c1ccc(Cl)cc1. The first kappa shape index (κ1) is 21.5. The fraction of sp³-hybridized carbons (Fsp3) is 0.120. The lowest BCUT2D eigenvalue weighted by atomic mass is 10.0. The van der Waals surface area contributed by atoms with Crippen molar-refractivity contribution in [2.75, 3.05) is 17.3 Å². The van der Waals surface area contributed by atoms with Gasteiger partial charge >= 0.3 is 0 Å². The van der Waals surface area contributed by atoms with Crippen LogP contribution in [0.1, 0.15) is 22.8 Å². The minimum absolute atomic E-state index is 0.175. The molecule has 0 aliphatic carbocycles. The number of carbonyl (C=O) groups is 2. The predicted molar refractivity (Wildman–Crippen MR) is 127 cm³/mol. The van der Waals surface area contributed by atoms with Gasteiger partial charge in [-0.1, -0.05) is 41.9 Å². The van der Waals surface area contributed by atoms with Crippen LogP contribution in [0.25, 0.3) is 11.0 Å². The second kappa shape index (κ2) is 9.16. The first-order valence-electron chi connectivity index (χ1n) is 10.1. The van der Waals surface area contributed by atoms with E-state index in [1.54, 1.807) is 79.7 Å². The summed E-state index contributed by atoms with van der Waals surface area (Å²) in [5.74, 6) is -0.370. The Labute approximate surface area is 190 Å². The van der Waals surface area contributed by atoms with Crippen molar-refractivity contribution >= 4 is 45.7 Å². The van der Waals surface area contributed by atoms with E-state index in [9.17, 15) is 9.59 Å². The van der Waals surface area contributed by atoms with Crippen molar-refractivity contribution in [2.24, 2.45) is 0 Å². The average molecular weight is 445 g/mol. The summed E-state index contributed by atoms with van der Waals surface area (Å²) < 4.78 is 0. The number of benzene rings is 2. The van der Waals surface area contributed by atoms with E-state index in [-0.39, 0.29) is 11.7 Å². The van der Waals surface area contributed by atoms with E-state index in [1.165, 1.54) is 6.20 Å². The van der Waals surface area contributed by atoms with Gasteiger partial charge in [0.05, 0.1) is 16.8 Å². The fourth-order valence-electron chi connectivity index (χ4n) is 3.44. The minimum atomic E-state index is -0.634. The Kier molecular flexibility index (Phi) is 6.14. The van der Waals surface area contributed by atoms with Crippen LogP contribution in [0, 0.1) is 0 Å². The monoisotopic (exact) mass is 444 g/mol. The zero-order chi connectivity index (χ0) is 22.7. The third-order valence-corrected chi connectivity index (χ3v) is 5.43. The molecule has 1 amide bonds. The second-order valence-corrected chi connectivity index (χ2v) is 7.79. The highest BCUT2D eigenvalue weighted by atomic mass is 35.5. The van der Waals surface area contributed by atoms with Gasteiger partial charge in [0.1, 0.15) is 11.6 Å². The van der Waals surface area contributed by atoms with Gasteiger partial charge in [-0.25, -0.2) is 0 Å². The molecule has 0 aliphatic rings. The lowest BCUT2D eigenvalue weighted by Gasteiger charge is -2.24. The normalized spacial score (nSPS) is 11.7. The quantitative estimate of drug-likeness (QED) is 0.424. The van der Waals surface area contributed by atoms with E-state index in [4.69, 9.17) is 11.6 Å². The van der Waals surface area contributed by atoms with Crippen molar-refractivity contribution in [1.29, 1.82) is 0 Å². The molecule has 1 N–H and O–H groups in total. The van der Waals surface area contributed by atoms with Crippen LogP contribution in [0.15, 0.2) is 79.1 Å². The van der Waals surface area contributed by atoms with Crippen LogP contribution in [0.2, 0.25) is 5.02 Å². The van der Waals surface area contributed by atoms with Gasteiger partial charge in [0, 0.05) is 35.7 Å². The highest BCUT2D eigenvalue weighted by Gasteiger charge is 2.24. The van der Waals surface area contributed by atoms with E-state index < -0.39 is 6.04 Å². The first-order chi connectivity index (χ1) is 15.5. The van der Waals surface area contributed by atoms with Crippen molar-refractivity contribution < 1.29 is 9.59 Å².